The number of amides is 1. The summed E-state index contributed by atoms with van der Waals surface area (Å²) in [4.78, 5) is 12.3. The van der Waals surface area contributed by atoms with E-state index in [9.17, 15) is 4.79 Å². The van der Waals surface area contributed by atoms with Gasteiger partial charge in [-0.15, -0.1) is 0 Å². The van der Waals surface area contributed by atoms with Crippen molar-refractivity contribution >= 4 is 23.2 Å². The van der Waals surface area contributed by atoms with E-state index in [0.29, 0.717) is 10.7 Å². The summed E-state index contributed by atoms with van der Waals surface area (Å²) in [6, 6.07) is 7.45. The summed E-state index contributed by atoms with van der Waals surface area (Å²) >= 11 is 5.93. The minimum atomic E-state index is -0.0927. The van der Waals surface area contributed by atoms with E-state index in [1.807, 2.05) is 42.8 Å². The first-order valence-corrected chi connectivity index (χ1v) is 7.91. The van der Waals surface area contributed by atoms with Gasteiger partial charge >= 0.3 is 0 Å². The molecule has 2 heterocycles. The molecule has 1 amide bonds. The Morgan fingerprint density at radius 1 is 1.25 bits per heavy atom. The molecule has 3 aromatic rings. The summed E-state index contributed by atoms with van der Waals surface area (Å²) < 4.78 is 3.48. The Hall–Kier alpha value is -2.60. The lowest BCUT2D eigenvalue weighted by Gasteiger charge is -2.06. The Balaban J connectivity index is 1.81. The molecule has 0 unspecified atom stereocenters. The molecule has 7 heteroatoms. The predicted molar refractivity (Wildman–Crippen MR) is 93.6 cm³/mol. The van der Waals surface area contributed by atoms with Crippen LogP contribution < -0.4 is 5.32 Å². The zero-order valence-electron chi connectivity index (χ0n) is 13.7. The normalized spacial score (nSPS) is 10.8. The van der Waals surface area contributed by atoms with Crippen molar-refractivity contribution in [3.05, 3.63) is 58.6 Å². The number of anilines is 1. The average Bonchev–Trinajstić information content (AvgIpc) is 3.06. The minimum absolute atomic E-state index is 0.0927. The van der Waals surface area contributed by atoms with Crippen LogP contribution in [0.2, 0.25) is 5.02 Å². The number of rotatable bonds is 4. The predicted octanol–water partition coefficient (Wildman–Crippen LogP) is 3.06. The van der Waals surface area contributed by atoms with Crippen LogP contribution in [0.1, 0.15) is 17.0 Å². The van der Waals surface area contributed by atoms with Crippen LogP contribution in [0.15, 0.2) is 36.7 Å². The van der Waals surface area contributed by atoms with E-state index in [1.165, 1.54) is 0 Å². The van der Waals surface area contributed by atoms with Crippen LogP contribution in [-0.2, 0) is 18.3 Å². The number of halogens is 1. The molecule has 124 valence electrons. The van der Waals surface area contributed by atoms with Gasteiger partial charge in [-0.25, -0.2) is 4.68 Å². The second-order valence-corrected chi connectivity index (χ2v) is 6.10. The molecular weight excluding hydrogens is 326 g/mol. The third-order valence-electron chi connectivity index (χ3n) is 3.84. The molecule has 0 saturated carbocycles. The van der Waals surface area contributed by atoms with Gasteiger partial charge in [0.15, 0.2) is 0 Å². The number of aryl methyl sites for hydroxylation is 2. The van der Waals surface area contributed by atoms with Crippen molar-refractivity contribution in [2.24, 2.45) is 7.05 Å². The van der Waals surface area contributed by atoms with Crippen LogP contribution in [0.25, 0.3) is 5.69 Å². The van der Waals surface area contributed by atoms with Crippen molar-refractivity contribution in [1.82, 2.24) is 19.6 Å². The number of aromatic nitrogens is 4. The molecule has 0 aliphatic rings. The van der Waals surface area contributed by atoms with Crippen molar-refractivity contribution in [3.8, 4) is 5.69 Å². The number of nitrogens with zero attached hydrogens (tertiary/aromatic N) is 4. The van der Waals surface area contributed by atoms with E-state index in [4.69, 9.17) is 11.6 Å². The summed E-state index contributed by atoms with van der Waals surface area (Å²) in [5.74, 6) is -0.0927. The smallest absolute Gasteiger partial charge is 0.229 e. The van der Waals surface area contributed by atoms with Crippen molar-refractivity contribution in [3.63, 3.8) is 0 Å². The van der Waals surface area contributed by atoms with E-state index in [-0.39, 0.29) is 12.3 Å². The van der Waals surface area contributed by atoms with Gasteiger partial charge < -0.3 is 5.32 Å². The maximum atomic E-state index is 12.3. The summed E-state index contributed by atoms with van der Waals surface area (Å²) in [5.41, 5.74) is 4.30. The number of carbonyl (C=O) groups is 1. The number of nitrogens with one attached hydrogen (secondary N) is 1. The highest BCUT2D eigenvalue weighted by Gasteiger charge is 2.16. The highest BCUT2D eigenvalue weighted by atomic mass is 35.5. The number of hydrogen-bond acceptors (Lipinski definition) is 3. The zero-order chi connectivity index (χ0) is 17.3. The van der Waals surface area contributed by atoms with E-state index in [0.717, 1.165) is 22.6 Å². The molecule has 0 aliphatic carbocycles. The van der Waals surface area contributed by atoms with E-state index < -0.39 is 0 Å². The molecule has 1 aromatic carbocycles. The van der Waals surface area contributed by atoms with Crippen molar-refractivity contribution in [2.45, 2.75) is 20.3 Å². The molecule has 0 radical (unpaired) electrons. The molecule has 0 bridgehead atoms. The van der Waals surface area contributed by atoms with Crippen molar-refractivity contribution in [2.75, 3.05) is 5.32 Å². The SMILES string of the molecule is Cc1nn(-c2ccc(Cl)cc2)c(C)c1CC(=O)Nc1cnn(C)c1. The van der Waals surface area contributed by atoms with Crippen LogP contribution in [0.5, 0.6) is 0 Å². The fourth-order valence-corrected chi connectivity index (χ4v) is 2.74. The number of benzene rings is 1. The van der Waals surface area contributed by atoms with Gasteiger partial charge in [0.25, 0.3) is 0 Å². The van der Waals surface area contributed by atoms with Gasteiger partial charge in [0, 0.05) is 29.5 Å². The Morgan fingerprint density at radius 2 is 1.96 bits per heavy atom. The first kappa shape index (κ1) is 16.3. The molecule has 0 fully saturated rings. The molecule has 0 atom stereocenters. The maximum Gasteiger partial charge on any atom is 0.229 e. The number of hydrogen-bond donors (Lipinski definition) is 1. The topological polar surface area (TPSA) is 64.7 Å². The molecule has 2 aromatic heterocycles. The van der Waals surface area contributed by atoms with E-state index in [2.05, 4.69) is 15.5 Å². The standard InChI is InChI=1S/C17H18ClN5O/c1-11-16(8-17(24)20-14-9-19-22(3)10-14)12(2)23(21-11)15-6-4-13(18)5-7-15/h4-7,9-10H,8H2,1-3H3,(H,20,24). The van der Waals surface area contributed by atoms with Crippen LogP contribution in [0.4, 0.5) is 5.69 Å². The Kier molecular flexibility index (Phi) is 4.40. The summed E-state index contributed by atoms with van der Waals surface area (Å²) in [6.07, 6.45) is 3.64. The van der Waals surface area contributed by atoms with Gasteiger partial charge in [-0.2, -0.15) is 10.2 Å². The Morgan fingerprint density at radius 3 is 2.58 bits per heavy atom. The van der Waals surface area contributed by atoms with Gasteiger partial charge in [-0.05, 0) is 38.1 Å². The van der Waals surface area contributed by atoms with Gasteiger partial charge in [0.1, 0.15) is 0 Å². The van der Waals surface area contributed by atoms with Crippen molar-refractivity contribution in [1.29, 1.82) is 0 Å². The first-order chi connectivity index (χ1) is 11.4. The van der Waals surface area contributed by atoms with E-state index >= 15 is 0 Å². The minimum Gasteiger partial charge on any atom is -0.323 e. The monoisotopic (exact) mass is 343 g/mol. The lowest BCUT2D eigenvalue weighted by Crippen LogP contribution is -2.15. The molecule has 1 N–H and O–H groups in total. The molecule has 0 spiro atoms. The summed E-state index contributed by atoms with van der Waals surface area (Å²) in [5, 5.41) is 12.1. The lowest BCUT2D eigenvalue weighted by atomic mass is 10.1. The Labute approximate surface area is 145 Å². The zero-order valence-corrected chi connectivity index (χ0v) is 14.5. The lowest BCUT2D eigenvalue weighted by molar-refractivity contribution is -0.115. The van der Waals surface area contributed by atoms with Crippen LogP contribution >= 0.6 is 11.6 Å². The van der Waals surface area contributed by atoms with Gasteiger partial charge in [0.05, 0.1) is 29.7 Å². The van der Waals surface area contributed by atoms with Gasteiger partial charge in [-0.3, -0.25) is 9.48 Å². The third-order valence-corrected chi connectivity index (χ3v) is 4.09. The van der Waals surface area contributed by atoms with Crippen LogP contribution in [0.3, 0.4) is 0 Å². The second-order valence-electron chi connectivity index (χ2n) is 5.67. The maximum absolute atomic E-state index is 12.3. The van der Waals surface area contributed by atoms with Crippen molar-refractivity contribution < 1.29 is 4.79 Å². The van der Waals surface area contributed by atoms with Gasteiger partial charge in [0.2, 0.25) is 5.91 Å². The highest BCUT2D eigenvalue weighted by molar-refractivity contribution is 6.30. The summed E-state index contributed by atoms with van der Waals surface area (Å²) in [6.45, 7) is 3.87. The highest BCUT2D eigenvalue weighted by Crippen LogP contribution is 2.20. The van der Waals surface area contributed by atoms with E-state index in [1.54, 1.807) is 24.1 Å². The number of carbonyl (C=O) groups excluding carboxylic acids is 1. The Bertz CT molecular complexity index is 879. The third kappa shape index (κ3) is 3.33. The van der Waals surface area contributed by atoms with Crippen LogP contribution in [-0.4, -0.2) is 25.5 Å². The molecular formula is C17H18ClN5O. The largest absolute Gasteiger partial charge is 0.323 e. The molecule has 24 heavy (non-hydrogen) atoms. The summed E-state index contributed by atoms with van der Waals surface area (Å²) in [7, 11) is 1.81. The second kappa shape index (κ2) is 6.49. The van der Waals surface area contributed by atoms with Gasteiger partial charge in [-0.1, -0.05) is 11.6 Å². The molecule has 0 aliphatic heterocycles. The molecule has 3 rings (SSSR count). The average molecular weight is 344 g/mol. The molecule has 6 nitrogen and oxygen atoms in total. The fraction of sp³-hybridized carbons (Fsp3) is 0.235. The fourth-order valence-electron chi connectivity index (χ4n) is 2.62. The quantitative estimate of drug-likeness (QED) is 0.791. The van der Waals surface area contributed by atoms with Crippen LogP contribution in [0, 0.1) is 13.8 Å². The molecule has 0 saturated heterocycles. The first-order valence-electron chi connectivity index (χ1n) is 7.53.